The molecular formula is C12H11BrN2O. The van der Waals surface area contributed by atoms with Gasteiger partial charge in [-0.05, 0) is 39.7 Å². The second-order valence-electron chi connectivity index (χ2n) is 3.51. The number of benzene rings is 1. The topological polar surface area (TPSA) is 48.0 Å². The summed E-state index contributed by atoms with van der Waals surface area (Å²) in [6, 6.07) is 12.6. The van der Waals surface area contributed by atoms with Crippen LogP contribution in [0.4, 0.5) is 5.69 Å². The lowest BCUT2D eigenvalue weighted by molar-refractivity contribution is 0.740. The van der Waals surface area contributed by atoms with Crippen molar-refractivity contribution in [3.05, 3.63) is 63.0 Å². The van der Waals surface area contributed by atoms with Crippen LogP contribution in [0, 0.1) is 0 Å². The van der Waals surface area contributed by atoms with Gasteiger partial charge in [-0.25, -0.2) is 0 Å². The first kappa shape index (κ1) is 11.0. The third-order valence-electron chi connectivity index (χ3n) is 2.32. The van der Waals surface area contributed by atoms with Gasteiger partial charge in [-0.15, -0.1) is 0 Å². The first-order valence-electron chi connectivity index (χ1n) is 4.86. The zero-order valence-corrected chi connectivity index (χ0v) is 10.1. The fourth-order valence-corrected chi connectivity index (χ4v) is 1.91. The van der Waals surface area contributed by atoms with E-state index in [-0.39, 0.29) is 5.56 Å². The minimum absolute atomic E-state index is 0.0220. The van der Waals surface area contributed by atoms with Gasteiger partial charge in [-0.2, -0.15) is 0 Å². The van der Waals surface area contributed by atoms with E-state index in [0.29, 0.717) is 6.54 Å². The highest BCUT2D eigenvalue weighted by Gasteiger charge is 2.01. The van der Waals surface area contributed by atoms with Crippen LogP contribution in [-0.4, -0.2) is 4.57 Å². The Morgan fingerprint density at radius 2 is 1.81 bits per heavy atom. The SMILES string of the molecule is Nc1ccc(Cn2c(Br)cccc2=O)cc1. The highest BCUT2D eigenvalue weighted by Crippen LogP contribution is 2.11. The van der Waals surface area contributed by atoms with Crippen LogP contribution in [0.2, 0.25) is 0 Å². The van der Waals surface area contributed by atoms with Crippen molar-refractivity contribution < 1.29 is 0 Å². The summed E-state index contributed by atoms with van der Waals surface area (Å²) in [6.45, 7) is 0.542. The summed E-state index contributed by atoms with van der Waals surface area (Å²) in [5, 5.41) is 0. The van der Waals surface area contributed by atoms with Gasteiger partial charge in [-0.3, -0.25) is 9.36 Å². The van der Waals surface area contributed by atoms with E-state index in [2.05, 4.69) is 15.9 Å². The molecule has 0 radical (unpaired) electrons. The van der Waals surface area contributed by atoms with Gasteiger partial charge in [-0.1, -0.05) is 18.2 Å². The molecule has 0 aliphatic carbocycles. The number of halogens is 1. The molecular weight excluding hydrogens is 268 g/mol. The molecule has 82 valence electrons. The third kappa shape index (κ3) is 2.33. The van der Waals surface area contributed by atoms with Gasteiger partial charge in [0.05, 0.1) is 11.1 Å². The van der Waals surface area contributed by atoms with Crippen LogP contribution >= 0.6 is 15.9 Å². The number of aromatic nitrogens is 1. The molecule has 0 saturated heterocycles. The van der Waals surface area contributed by atoms with E-state index < -0.39 is 0 Å². The second kappa shape index (κ2) is 4.53. The van der Waals surface area contributed by atoms with Crippen LogP contribution in [0.1, 0.15) is 5.56 Å². The van der Waals surface area contributed by atoms with Crippen molar-refractivity contribution in [2.45, 2.75) is 6.54 Å². The van der Waals surface area contributed by atoms with Crippen molar-refractivity contribution in [3.8, 4) is 0 Å². The van der Waals surface area contributed by atoms with Crippen molar-refractivity contribution >= 4 is 21.6 Å². The van der Waals surface area contributed by atoms with Gasteiger partial charge in [0.25, 0.3) is 5.56 Å². The molecule has 0 aliphatic rings. The summed E-state index contributed by atoms with van der Waals surface area (Å²) >= 11 is 3.36. The first-order valence-corrected chi connectivity index (χ1v) is 5.66. The van der Waals surface area contributed by atoms with Gasteiger partial charge < -0.3 is 5.73 Å². The summed E-state index contributed by atoms with van der Waals surface area (Å²) in [5.41, 5.74) is 7.35. The quantitative estimate of drug-likeness (QED) is 0.677. The molecule has 0 fully saturated rings. The monoisotopic (exact) mass is 278 g/mol. The van der Waals surface area contributed by atoms with Crippen LogP contribution in [0.3, 0.4) is 0 Å². The number of hydrogen-bond donors (Lipinski definition) is 1. The normalized spacial score (nSPS) is 10.3. The molecule has 0 amide bonds. The molecule has 2 N–H and O–H groups in total. The Labute approximate surface area is 102 Å². The number of rotatable bonds is 2. The molecule has 0 aliphatic heterocycles. The maximum absolute atomic E-state index is 11.6. The summed E-state index contributed by atoms with van der Waals surface area (Å²) in [4.78, 5) is 11.6. The van der Waals surface area contributed by atoms with Crippen LogP contribution < -0.4 is 11.3 Å². The lowest BCUT2D eigenvalue weighted by Gasteiger charge is -2.08. The third-order valence-corrected chi connectivity index (χ3v) is 3.01. The van der Waals surface area contributed by atoms with E-state index in [1.807, 2.05) is 30.3 Å². The standard InChI is InChI=1S/C12H11BrN2O/c13-11-2-1-3-12(16)15(11)8-9-4-6-10(14)7-5-9/h1-7H,8,14H2. The van der Waals surface area contributed by atoms with E-state index in [1.165, 1.54) is 0 Å². The lowest BCUT2D eigenvalue weighted by atomic mass is 10.2. The van der Waals surface area contributed by atoms with Crippen LogP contribution in [0.5, 0.6) is 0 Å². The number of pyridine rings is 1. The maximum atomic E-state index is 11.6. The molecule has 4 heteroatoms. The molecule has 2 rings (SSSR count). The molecule has 1 aromatic heterocycles. The van der Waals surface area contributed by atoms with E-state index in [0.717, 1.165) is 15.9 Å². The Kier molecular flexibility index (Phi) is 3.10. The van der Waals surface area contributed by atoms with Crippen molar-refractivity contribution in [3.63, 3.8) is 0 Å². The van der Waals surface area contributed by atoms with Gasteiger partial charge in [0, 0.05) is 11.8 Å². The van der Waals surface area contributed by atoms with Crippen molar-refractivity contribution in [1.29, 1.82) is 0 Å². The molecule has 0 bridgehead atoms. The predicted molar refractivity (Wildman–Crippen MR) is 68.4 cm³/mol. The van der Waals surface area contributed by atoms with Crippen LogP contribution in [0.15, 0.2) is 51.9 Å². The Bertz CT molecular complexity index is 546. The highest BCUT2D eigenvalue weighted by molar-refractivity contribution is 9.10. The summed E-state index contributed by atoms with van der Waals surface area (Å²) in [5.74, 6) is 0. The van der Waals surface area contributed by atoms with Crippen molar-refractivity contribution in [2.24, 2.45) is 0 Å². The zero-order valence-electron chi connectivity index (χ0n) is 8.56. The molecule has 3 nitrogen and oxygen atoms in total. The number of anilines is 1. The van der Waals surface area contributed by atoms with E-state index in [9.17, 15) is 4.79 Å². The average Bonchev–Trinajstić information content (AvgIpc) is 2.26. The Balaban J connectivity index is 2.34. The van der Waals surface area contributed by atoms with Gasteiger partial charge in [0.15, 0.2) is 0 Å². The second-order valence-corrected chi connectivity index (χ2v) is 4.33. The fraction of sp³-hybridized carbons (Fsp3) is 0.0833. The van der Waals surface area contributed by atoms with Crippen molar-refractivity contribution in [1.82, 2.24) is 4.57 Å². The molecule has 16 heavy (non-hydrogen) atoms. The fourth-order valence-electron chi connectivity index (χ4n) is 1.45. The number of nitrogens with zero attached hydrogens (tertiary/aromatic N) is 1. The van der Waals surface area contributed by atoms with E-state index in [4.69, 9.17) is 5.73 Å². The maximum Gasteiger partial charge on any atom is 0.251 e. The predicted octanol–water partition coefficient (Wildman–Crippen LogP) is 2.24. The summed E-state index contributed by atoms with van der Waals surface area (Å²) in [7, 11) is 0. The molecule has 2 aromatic rings. The highest BCUT2D eigenvalue weighted by atomic mass is 79.9. The minimum Gasteiger partial charge on any atom is -0.399 e. The number of nitrogens with two attached hydrogens (primary N) is 1. The van der Waals surface area contributed by atoms with E-state index >= 15 is 0 Å². The number of hydrogen-bond acceptors (Lipinski definition) is 2. The number of nitrogen functional groups attached to an aromatic ring is 1. The molecule has 0 atom stereocenters. The molecule has 1 heterocycles. The average molecular weight is 279 g/mol. The van der Waals surface area contributed by atoms with E-state index in [1.54, 1.807) is 16.7 Å². The zero-order chi connectivity index (χ0) is 11.5. The molecule has 0 spiro atoms. The first-order chi connectivity index (χ1) is 7.66. The summed E-state index contributed by atoms with van der Waals surface area (Å²) in [6.07, 6.45) is 0. The molecule has 1 aromatic carbocycles. The lowest BCUT2D eigenvalue weighted by Crippen LogP contribution is -2.19. The van der Waals surface area contributed by atoms with Crippen molar-refractivity contribution in [2.75, 3.05) is 5.73 Å². The van der Waals surface area contributed by atoms with Gasteiger partial charge in [0.1, 0.15) is 0 Å². The Morgan fingerprint density at radius 1 is 1.12 bits per heavy atom. The van der Waals surface area contributed by atoms with Crippen LogP contribution in [-0.2, 0) is 6.54 Å². The minimum atomic E-state index is -0.0220. The largest absolute Gasteiger partial charge is 0.399 e. The van der Waals surface area contributed by atoms with Gasteiger partial charge >= 0.3 is 0 Å². The Hall–Kier alpha value is -1.55. The Morgan fingerprint density at radius 3 is 2.44 bits per heavy atom. The smallest absolute Gasteiger partial charge is 0.251 e. The molecule has 0 unspecified atom stereocenters. The van der Waals surface area contributed by atoms with Gasteiger partial charge in [0.2, 0.25) is 0 Å². The molecule has 0 saturated carbocycles. The van der Waals surface area contributed by atoms with Crippen LogP contribution in [0.25, 0.3) is 0 Å². The summed E-state index contributed by atoms with van der Waals surface area (Å²) < 4.78 is 2.43.